The SMILES string of the molecule is CC[C@]1(OC)O[C@@H](n2ccc(NC(=O)c3ccccc3)nc2=O)[C@@H](F)C1OC(=O)CCC(=O)NC. The van der Waals surface area contributed by atoms with Crippen molar-refractivity contribution in [2.24, 2.45) is 0 Å². The number of hydrogen-bond donors (Lipinski definition) is 2. The van der Waals surface area contributed by atoms with Gasteiger partial charge in [-0.15, -0.1) is 0 Å². The number of hydrogen-bond acceptors (Lipinski definition) is 8. The third-order valence-corrected chi connectivity index (χ3v) is 5.63. The van der Waals surface area contributed by atoms with Gasteiger partial charge in [-0.05, 0) is 18.2 Å². The van der Waals surface area contributed by atoms with E-state index in [9.17, 15) is 19.2 Å². The predicted molar refractivity (Wildman–Crippen MR) is 121 cm³/mol. The molecule has 1 fully saturated rings. The van der Waals surface area contributed by atoms with Gasteiger partial charge in [-0.25, -0.2) is 9.18 Å². The number of carbonyl (C=O) groups is 3. The van der Waals surface area contributed by atoms with Gasteiger partial charge in [-0.1, -0.05) is 25.1 Å². The first-order chi connectivity index (χ1) is 16.7. The summed E-state index contributed by atoms with van der Waals surface area (Å²) in [4.78, 5) is 52.4. The molecule has 2 aromatic rings. The lowest BCUT2D eigenvalue weighted by Crippen LogP contribution is -2.46. The zero-order valence-electron chi connectivity index (χ0n) is 19.5. The van der Waals surface area contributed by atoms with Crippen LogP contribution in [0.3, 0.4) is 0 Å². The molecule has 2 N–H and O–H groups in total. The highest BCUT2D eigenvalue weighted by atomic mass is 19.1. The van der Waals surface area contributed by atoms with Crippen LogP contribution in [-0.4, -0.2) is 59.6 Å². The van der Waals surface area contributed by atoms with E-state index >= 15 is 4.39 Å². The Morgan fingerprint density at radius 2 is 1.91 bits per heavy atom. The van der Waals surface area contributed by atoms with Crippen LogP contribution in [0.25, 0.3) is 0 Å². The normalized spacial score (nSPS) is 23.5. The van der Waals surface area contributed by atoms with Gasteiger partial charge in [0, 0.05) is 38.8 Å². The van der Waals surface area contributed by atoms with E-state index in [2.05, 4.69) is 15.6 Å². The number of esters is 1. The molecule has 0 radical (unpaired) electrons. The summed E-state index contributed by atoms with van der Waals surface area (Å²) in [5.74, 6) is -3.34. The molecule has 4 atom stereocenters. The molecule has 2 amide bonds. The number of aromatic nitrogens is 2. The van der Waals surface area contributed by atoms with Crippen molar-refractivity contribution >= 4 is 23.6 Å². The van der Waals surface area contributed by atoms with Crippen LogP contribution in [0.1, 0.15) is 42.8 Å². The Balaban J connectivity index is 1.78. The molecule has 1 saturated heterocycles. The van der Waals surface area contributed by atoms with Crippen molar-refractivity contribution in [3.63, 3.8) is 0 Å². The summed E-state index contributed by atoms with van der Waals surface area (Å²) in [6.45, 7) is 1.65. The Morgan fingerprint density at radius 3 is 2.51 bits per heavy atom. The van der Waals surface area contributed by atoms with Crippen LogP contribution < -0.4 is 16.3 Å². The molecule has 1 aliphatic rings. The summed E-state index contributed by atoms with van der Waals surface area (Å²) in [5, 5.41) is 4.89. The largest absolute Gasteiger partial charge is 0.453 e. The number of alkyl halides is 1. The Kier molecular flexibility index (Phi) is 8.30. The molecule has 2 heterocycles. The minimum Gasteiger partial charge on any atom is -0.453 e. The summed E-state index contributed by atoms with van der Waals surface area (Å²) in [6.07, 6.45) is -4.07. The molecular weight excluding hydrogens is 463 g/mol. The summed E-state index contributed by atoms with van der Waals surface area (Å²) in [6, 6.07) is 9.66. The van der Waals surface area contributed by atoms with Gasteiger partial charge >= 0.3 is 11.7 Å². The maximum Gasteiger partial charge on any atom is 0.351 e. The molecule has 188 valence electrons. The standard InChI is InChI=1S/C23H27FN4O7/c1-4-23(33-3)19(34-17(30)11-10-16(29)25-2)18(24)21(35-23)28-13-12-15(27-22(28)32)26-20(31)14-8-6-5-7-9-14/h5-9,12-13,18-19,21H,4,10-11H2,1-3H3,(H,25,29)(H,26,27,31,32)/t18-,19?,21+,23-/m0/s1. The van der Waals surface area contributed by atoms with E-state index in [-0.39, 0.29) is 31.0 Å². The number of nitrogens with one attached hydrogen (secondary N) is 2. The van der Waals surface area contributed by atoms with E-state index < -0.39 is 41.9 Å². The lowest BCUT2D eigenvalue weighted by atomic mass is 10.0. The fraction of sp³-hybridized carbons (Fsp3) is 0.435. The lowest BCUT2D eigenvalue weighted by molar-refractivity contribution is -0.260. The quantitative estimate of drug-likeness (QED) is 0.505. The van der Waals surface area contributed by atoms with E-state index in [1.807, 2.05) is 0 Å². The van der Waals surface area contributed by atoms with Crippen molar-refractivity contribution in [3.8, 4) is 0 Å². The van der Waals surface area contributed by atoms with Gasteiger partial charge in [0.2, 0.25) is 11.7 Å². The zero-order valence-corrected chi connectivity index (χ0v) is 19.5. The van der Waals surface area contributed by atoms with Gasteiger partial charge in [0.25, 0.3) is 5.91 Å². The molecule has 1 aromatic carbocycles. The van der Waals surface area contributed by atoms with E-state index in [0.717, 1.165) is 4.57 Å². The van der Waals surface area contributed by atoms with Crippen LogP contribution in [0, 0.1) is 0 Å². The van der Waals surface area contributed by atoms with E-state index in [1.165, 1.54) is 26.4 Å². The third-order valence-electron chi connectivity index (χ3n) is 5.63. The summed E-state index contributed by atoms with van der Waals surface area (Å²) >= 11 is 0. The fourth-order valence-corrected chi connectivity index (χ4v) is 3.68. The highest BCUT2D eigenvalue weighted by Gasteiger charge is 2.59. The molecule has 0 spiro atoms. The van der Waals surface area contributed by atoms with Crippen molar-refractivity contribution in [1.82, 2.24) is 14.9 Å². The Morgan fingerprint density at radius 1 is 1.20 bits per heavy atom. The van der Waals surface area contributed by atoms with Gasteiger partial charge in [0.05, 0.1) is 6.42 Å². The molecule has 3 rings (SSSR count). The molecular formula is C23H27FN4O7. The van der Waals surface area contributed by atoms with E-state index in [4.69, 9.17) is 14.2 Å². The molecule has 1 unspecified atom stereocenters. The Bertz CT molecular complexity index is 1120. The number of ether oxygens (including phenoxy) is 3. The summed E-state index contributed by atoms with van der Waals surface area (Å²) in [7, 11) is 2.70. The molecule has 0 bridgehead atoms. The van der Waals surface area contributed by atoms with Crippen LogP contribution in [0.2, 0.25) is 0 Å². The predicted octanol–water partition coefficient (Wildman–Crippen LogP) is 1.55. The first kappa shape index (κ1) is 26.0. The van der Waals surface area contributed by atoms with Crippen LogP contribution in [0.15, 0.2) is 47.4 Å². The second-order valence-corrected chi connectivity index (χ2v) is 7.73. The number of carbonyl (C=O) groups excluding carboxylic acids is 3. The number of amides is 2. The van der Waals surface area contributed by atoms with Gasteiger partial charge < -0.3 is 24.8 Å². The second-order valence-electron chi connectivity index (χ2n) is 7.73. The maximum absolute atomic E-state index is 15.5. The number of benzene rings is 1. The third kappa shape index (κ3) is 5.72. The molecule has 0 saturated carbocycles. The monoisotopic (exact) mass is 490 g/mol. The van der Waals surface area contributed by atoms with E-state index in [0.29, 0.717) is 5.56 Å². The first-order valence-corrected chi connectivity index (χ1v) is 11.0. The fourth-order valence-electron chi connectivity index (χ4n) is 3.68. The molecule has 12 heteroatoms. The van der Waals surface area contributed by atoms with Crippen molar-refractivity contribution in [3.05, 3.63) is 58.6 Å². The highest BCUT2D eigenvalue weighted by molar-refractivity contribution is 6.03. The topological polar surface area (TPSA) is 138 Å². The Hall–Kier alpha value is -3.64. The van der Waals surface area contributed by atoms with Crippen LogP contribution in [-0.2, 0) is 23.8 Å². The molecule has 1 aliphatic heterocycles. The lowest BCUT2D eigenvalue weighted by Gasteiger charge is -2.31. The first-order valence-electron chi connectivity index (χ1n) is 11.0. The Labute approximate surface area is 200 Å². The second kappa shape index (κ2) is 11.2. The number of methoxy groups -OCH3 is 1. The van der Waals surface area contributed by atoms with Crippen molar-refractivity contribution in [2.75, 3.05) is 19.5 Å². The van der Waals surface area contributed by atoms with E-state index in [1.54, 1.807) is 37.3 Å². The van der Waals surface area contributed by atoms with Gasteiger partial charge in [0.1, 0.15) is 5.82 Å². The minimum absolute atomic E-state index is 0.0285. The van der Waals surface area contributed by atoms with Gasteiger partial charge in [-0.2, -0.15) is 4.98 Å². The smallest absolute Gasteiger partial charge is 0.351 e. The van der Waals surface area contributed by atoms with Gasteiger partial charge in [0.15, 0.2) is 18.5 Å². The van der Waals surface area contributed by atoms with Crippen molar-refractivity contribution in [2.45, 2.75) is 50.5 Å². The number of nitrogens with zero attached hydrogens (tertiary/aromatic N) is 2. The maximum atomic E-state index is 15.5. The summed E-state index contributed by atoms with van der Waals surface area (Å²) < 4.78 is 32.9. The van der Waals surface area contributed by atoms with Crippen LogP contribution in [0.5, 0.6) is 0 Å². The number of anilines is 1. The average molecular weight is 490 g/mol. The minimum atomic E-state index is -1.98. The average Bonchev–Trinajstić information content (AvgIpc) is 3.14. The van der Waals surface area contributed by atoms with Crippen LogP contribution >= 0.6 is 0 Å². The molecule has 11 nitrogen and oxygen atoms in total. The van der Waals surface area contributed by atoms with Crippen molar-refractivity contribution < 1.29 is 33.0 Å². The summed E-state index contributed by atoms with van der Waals surface area (Å²) in [5.41, 5.74) is -0.522. The molecule has 0 aliphatic carbocycles. The molecule has 35 heavy (non-hydrogen) atoms. The highest BCUT2D eigenvalue weighted by Crippen LogP contribution is 2.43. The number of rotatable bonds is 9. The van der Waals surface area contributed by atoms with Gasteiger partial charge in [-0.3, -0.25) is 19.0 Å². The van der Waals surface area contributed by atoms with Crippen molar-refractivity contribution in [1.29, 1.82) is 0 Å². The zero-order chi connectivity index (χ0) is 25.6. The number of halogens is 1. The molecule has 1 aromatic heterocycles. The van der Waals surface area contributed by atoms with Crippen LogP contribution in [0.4, 0.5) is 10.2 Å².